The van der Waals surface area contributed by atoms with Crippen LogP contribution in [0.5, 0.6) is 0 Å². The van der Waals surface area contributed by atoms with Gasteiger partial charge in [-0.3, -0.25) is 0 Å². The van der Waals surface area contributed by atoms with E-state index in [2.05, 4.69) is 37.8 Å². The summed E-state index contributed by atoms with van der Waals surface area (Å²) in [6.45, 7) is 7.25. The molecule has 0 radical (unpaired) electrons. The Labute approximate surface area is 105 Å². The van der Waals surface area contributed by atoms with E-state index in [0.29, 0.717) is 5.41 Å². The first kappa shape index (κ1) is 12.8. The molecule has 1 heterocycles. The van der Waals surface area contributed by atoms with Gasteiger partial charge in [-0.2, -0.15) is 11.8 Å². The first-order valence-corrected chi connectivity index (χ1v) is 8.06. The summed E-state index contributed by atoms with van der Waals surface area (Å²) in [6, 6.07) is 1.59. The lowest BCUT2D eigenvalue weighted by Crippen LogP contribution is -2.48. The van der Waals surface area contributed by atoms with Crippen molar-refractivity contribution >= 4 is 11.8 Å². The molecule has 94 valence electrons. The van der Waals surface area contributed by atoms with Gasteiger partial charge in [0.25, 0.3) is 0 Å². The Balaban J connectivity index is 1.93. The van der Waals surface area contributed by atoms with Crippen molar-refractivity contribution in [2.75, 3.05) is 11.5 Å². The molecule has 1 nitrogen and oxygen atoms in total. The lowest BCUT2D eigenvalue weighted by molar-refractivity contribution is 0.125. The molecule has 0 amide bonds. The zero-order valence-corrected chi connectivity index (χ0v) is 11.9. The van der Waals surface area contributed by atoms with Gasteiger partial charge in [-0.05, 0) is 36.3 Å². The highest BCUT2D eigenvalue weighted by Gasteiger charge is 2.35. The smallest absolute Gasteiger partial charge is 0.0168 e. The van der Waals surface area contributed by atoms with Gasteiger partial charge in [-0.1, -0.05) is 33.6 Å². The summed E-state index contributed by atoms with van der Waals surface area (Å²) in [5.74, 6) is 3.59. The highest BCUT2D eigenvalue weighted by molar-refractivity contribution is 7.99. The van der Waals surface area contributed by atoms with Crippen molar-refractivity contribution in [2.24, 2.45) is 11.3 Å². The molecule has 16 heavy (non-hydrogen) atoms. The van der Waals surface area contributed by atoms with Gasteiger partial charge in [-0.15, -0.1) is 0 Å². The number of rotatable bonds is 2. The lowest BCUT2D eigenvalue weighted by Gasteiger charge is -2.42. The predicted molar refractivity (Wildman–Crippen MR) is 74.1 cm³/mol. The van der Waals surface area contributed by atoms with Crippen LogP contribution in [0.2, 0.25) is 0 Å². The Morgan fingerprint density at radius 2 is 1.81 bits per heavy atom. The van der Waals surface area contributed by atoms with E-state index >= 15 is 0 Å². The first-order chi connectivity index (χ1) is 7.57. The Bertz CT molecular complexity index is 215. The standard InChI is InChI=1S/C14H27NS/c1-14(2,3)12-6-4-5-7-13(12)15-11-8-9-16-10-11/h11-13,15H,4-10H2,1-3H3. The van der Waals surface area contributed by atoms with Crippen LogP contribution in [0.3, 0.4) is 0 Å². The van der Waals surface area contributed by atoms with Gasteiger partial charge in [0.1, 0.15) is 0 Å². The molecule has 2 aliphatic rings. The Morgan fingerprint density at radius 3 is 2.44 bits per heavy atom. The second-order valence-electron chi connectivity index (χ2n) is 6.59. The maximum absolute atomic E-state index is 3.95. The van der Waals surface area contributed by atoms with Crippen molar-refractivity contribution in [1.82, 2.24) is 5.32 Å². The summed E-state index contributed by atoms with van der Waals surface area (Å²) < 4.78 is 0. The van der Waals surface area contributed by atoms with Crippen molar-refractivity contribution in [3.63, 3.8) is 0 Å². The lowest BCUT2D eigenvalue weighted by atomic mass is 9.69. The van der Waals surface area contributed by atoms with E-state index in [9.17, 15) is 0 Å². The molecular formula is C14H27NS. The minimum atomic E-state index is 0.476. The molecule has 2 heteroatoms. The number of hydrogen-bond acceptors (Lipinski definition) is 2. The third-order valence-electron chi connectivity index (χ3n) is 4.26. The number of hydrogen-bond donors (Lipinski definition) is 1. The van der Waals surface area contributed by atoms with Crippen molar-refractivity contribution < 1.29 is 0 Å². The topological polar surface area (TPSA) is 12.0 Å². The van der Waals surface area contributed by atoms with E-state index in [-0.39, 0.29) is 0 Å². The van der Waals surface area contributed by atoms with Gasteiger partial charge in [0.15, 0.2) is 0 Å². The van der Waals surface area contributed by atoms with Crippen LogP contribution in [-0.2, 0) is 0 Å². The SMILES string of the molecule is CC(C)(C)C1CCCCC1NC1CCSC1. The second-order valence-corrected chi connectivity index (χ2v) is 7.74. The van der Waals surface area contributed by atoms with Crippen LogP contribution < -0.4 is 5.32 Å². The average Bonchev–Trinajstić information content (AvgIpc) is 2.70. The molecule has 1 saturated carbocycles. The first-order valence-electron chi connectivity index (χ1n) is 6.91. The normalized spacial score (nSPS) is 36.6. The van der Waals surface area contributed by atoms with Crippen LogP contribution in [0.1, 0.15) is 52.9 Å². The average molecular weight is 241 g/mol. The Morgan fingerprint density at radius 1 is 1.06 bits per heavy atom. The van der Waals surface area contributed by atoms with Gasteiger partial charge < -0.3 is 5.32 Å². The molecular weight excluding hydrogens is 214 g/mol. The van der Waals surface area contributed by atoms with Crippen LogP contribution >= 0.6 is 11.8 Å². The molecule has 0 aromatic carbocycles. The van der Waals surface area contributed by atoms with Crippen molar-refractivity contribution in [1.29, 1.82) is 0 Å². The number of nitrogens with one attached hydrogen (secondary N) is 1. The largest absolute Gasteiger partial charge is 0.310 e. The summed E-state index contributed by atoms with van der Waals surface area (Å²) in [5.41, 5.74) is 0.476. The minimum Gasteiger partial charge on any atom is -0.310 e. The van der Waals surface area contributed by atoms with Crippen LogP contribution in [0, 0.1) is 11.3 Å². The highest BCUT2D eigenvalue weighted by Crippen LogP contribution is 2.38. The third kappa shape index (κ3) is 3.16. The summed E-state index contributed by atoms with van der Waals surface area (Å²) in [7, 11) is 0. The molecule has 0 spiro atoms. The molecule has 1 saturated heterocycles. The predicted octanol–water partition coefficient (Wildman–Crippen LogP) is 3.69. The van der Waals surface area contributed by atoms with Crippen LogP contribution in [0.4, 0.5) is 0 Å². The zero-order valence-electron chi connectivity index (χ0n) is 11.1. The van der Waals surface area contributed by atoms with Crippen LogP contribution in [0.25, 0.3) is 0 Å². The molecule has 0 aromatic rings. The van der Waals surface area contributed by atoms with Crippen molar-refractivity contribution in [2.45, 2.75) is 65.0 Å². The van der Waals surface area contributed by atoms with Gasteiger partial charge >= 0.3 is 0 Å². The highest BCUT2D eigenvalue weighted by atomic mass is 32.2. The second kappa shape index (κ2) is 5.30. The number of thioether (sulfide) groups is 1. The maximum Gasteiger partial charge on any atom is 0.0168 e. The van der Waals surface area contributed by atoms with E-state index in [0.717, 1.165) is 18.0 Å². The third-order valence-corrected chi connectivity index (χ3v) is 5.42. The maximum atomic E-state index is 3.95. The van der Waals surface area contributed by atoms with E-state index in [4.69, 9.17) is 0 Å². The fraction of sp³-hybridized carbons (Fsp3) is 1.00. The summed E-state index contributed by atoms with van der Waals surface area (Å²) in [5, 5.41) is 3.95. The fourth-order valence-corrected chi connectivity index (χ4v) is 4.50. The van der Waals surface area contributed by atoms with Crippen molar-refractivity contribution in [3.05, 3.63) is 0 Å². The van der Waals surface area contributed by atoms with Gasteiger partial charge in [0.05, 0.1) is 0 Å². The van der Waals surface area contributed by atoms with E-state index in [1.807, 2.05) is 0 Å². The van der Waals surface area contributed by atoms with Gasteiger partial charge in [0, 0.05) is 17.8 Å². The summed E-state index contributed by atoms with van der Waals surface area (Å²) >= 11 is 2.12. The molecule has 3 unspecified atom stereocenters. The Hall–Kier alpha value is 0.310. The molecule has 0 aromatic heterocycles. The van der Waals surface area contributed by atoms with E-state index in [1.54, 1.807) is 0 Å². The summed E-state index contributed by atoms with van der Waals surface area (Å²) in [6.07, 6.45) is 7.10. The van der Waals surface area contributed by atoms with E-state index < -0.39 is 0 Å². The quantitative estimate of drug-likeness (QED) is 0.791. The molecule has 3 atom stereocenters. The molecule has 1 aliphatic carbocycles. The minimum absolute atomic E-state index is 0.476. The zero-order chi connectivity index (χ0) is 11.6. The summed E-state index contributed by atoms with van der Waals surface area (Å²) in [4.78, 5) is 0. The molecule has 0 bridgehead atoms. The van der Waals surface area contributed by atoms with Crippen molar-refractivity contribution in [3.8, 4) is 0 Å². The monoisotopic (exact) mass is 241 g/mol. The molecule has 2 fully saturated rings. The molecule has 2 rings (SSSR count). The van der Waals surface area contributed by atoms with Crippen LogP contribution in [0.15, 0.2) is 0 Å². The van der Waals surface area contributed by atoms with Crippen LogP contribution in [-0.4, -0.2) is 23.6 Å². The van der Waals surface area contributed by atoms with Gasteiger partial charge in [-0.25, -0.2) is 0 Å². The Kier molecular flexibility index (Phi) is 4.23. The molecule has 1 aliphatic heterocycles. The molecule has 1 N–H and O–H groups in total. The van der Waals surface area contributed by atoms with E-state index in [1.165, 1.54) is 43.6 Å². The fourth-order valence-electron chi connectivity index (χ4n) is 3.34. The van der Waals surface area contributed by atoms with Gasteiger partial charge in [0.2, 0.25) is 0 Å².